The predicted molar refractivity (Wildman–Crippen MR) is 152 cm³/mol. The van der Waals surface area contributed by atoms with Crippen LogP contribution in [-0.4, -0.2) is 36.1 Å². The zero-order valence-corrected chi connectivity index (χ0v) is 22.9. The Bertz CT molecular complexity index is 1820. The maximum atomic E-state index is 15.3. The first-order valence-electron chi connectivity index (χ1n) is 12.8. The summed E-state index contributed by atoms with van der Waals surface area (Å²) in [6.07, 6.45) is 1.42. The van der Waals surface area contributed by atoms with Crippen molar-refractivity contribution in [1.82, 2.24) is 24.3 Å². The van der Waals surface area contributed by atoms with Crippen LogP contribution in [0.5, 0.6) is 5.75 Å². The van der Waals surface area contributed by atoms with Crippen molar-refractivity contribution in [3.63, 3.8) is 0 Å². The zero-order valence-electron chi connectivity index (χ0n) is 22.9. The molecule has 0 radical (unpaired) electrons. The summed E-state index contributed by atoms with van der Waals surface area (Å²) in [5, 5.41) is 13.0. The number of H-pyrrole nitrogens is 1. The van der Waals surface area contributed by atoms with Crippen LogP contribution in [0.4, 0.5) is 15.8 Å². The SMILES string of the molecule is CC(=O)Nc1cccc(NC(=O)Cn2c(=O)n(C)c3c(-c4cc(C)c(OCc5nnc[nH]5)c(F)c4)cc(C)cc32)c1. The average Bonchev–Trinajstić information content (AvgIpc) is 3.50. The van der Waals surface area contributed by atoms with Gasteiger partial charge in [0, 0.05) is 30.9 Å². The van der Waals surface area contributed by atoms with Crippen molar-refractivity contribution in [1.29, 1.82) is 0 Å². The first kappa shape index (κ1) is 27.3. The lowest BCUT2D eigenvalue weighted by Gasteiger charge is -2.13. The molecule has 11 nitrogen and oxygen atoms in total. The highest BCUT2D eigenvalue weighted by atomic mass is 19.1. The van der Waals surface area contributed by atoms with E-state index in [1.54, 1.807) is 44.3 Å². The van der Waals surface area contributed by atoms with Gasteiger partial charge in [-0.3, -0.25) is 18.7 Å². The molecule has 2 heterocycles. The van der Waals surface area contributed by atoms with Gasteiger partial charge in [0.2, 0.25) is 11.8 Å². The largest absolute Gasteiger partial charge is 0.482 e. The number of anilines is 2. The number of hydrogen-bond donors (Lipinski definition) is 3. The van der Waals surface area contributed by atoms with Gasteiger partial charge in [-0.1, -0.05) is 6.07 Å². The van der Waals surface area contributed by atoms with Gasteiger partial charge in [-0.15, -0.1) is 10.2 Å². The molecule has 2 aromatic heterocycles. The smallest absolute Gasteiger partial charge is 0.329 e. The third-order valence-electron chi connectivity index (χ3n) is 6.51. The Morgan fingerprint density at radius 3 is 2.51 bits per heavy atom. The summed E-state index contributed by atoms with van der Waals surface area (Å²) in [4.78, 5) is 40.5. The number of carbonyl (C=O) groups is 2. The lowest BCUT2D eigenvalue weighted by molar-refractivity contribution is -0.117. The molecule has 0 aliphatic heterocycles. The molecule has 5 rings (SSSR count). The van der Waals surface area contributed by atoms with E-state index in [9.17, 15) is 14.4 Å². The van der Waals surface area contributed by atoms with Crippen LogP contribution in [-0.2, 0) is 29.8 Å². The van der Waals surface area contributed by atoms with Gasteiger partial charge >= 0.3 is 5.69 Å². The topological polar surface area (TPSA) is 136 Å². The molecule has 2 amide bonds. The second-order valence-electron chi connectivity index (χ2n) is 9.75. The number of aromatic nitrogens is 5. The van der Waals surface area contributed by atoms with Crippen molar-refractivity contribution >= 4 is 34.2 Å². The number of ether oxygens (including phenoxy) is 1. The molecular formula is C29H28FN7O4. The molecule has 210 valence electrons. The Labute approximate surface area is 234 Å². The molecule has 0 spiro atoms. The van der Waals surface area contributed by atoms with Gasteiger partial charge in [-0.05, 0) is 73.0 Å². The Hall–Kier alpha value is -5.26. The highest BCUT2D eigenvalue weighted by Gasteiger charge is 2.20. The second-order valence-corrected chi connectivity index (χ2v) is 9.75. The van der Waals surface area contributed by atoms with Gasteiger partial charge in [0.05, 0.1) is 11.0 Å². The van der Waals surface area contributed by atoms with E-state index in [1.165, 1.54) is 28.5 Å². The summed E-state index contributed by atoms with van der Waals surface area (Å²) in [7, 11) is 1.62. The maximum absolute atomic E-state index is 15.3. The van der Waals surface area contributed by atoms with E-state index in [1.807, 2.05) is 19.1 Å². The van der Waals surface area contributed by atoms with Crippen LogP contribution in [0.3, 0.4) is 0 Å². The molecule has 0 aliphatic rings. The number of amides is 2. The standard InChI is InChI=1S/C29H28FN7O4/c1-16-8-22(19-10-17(2)28(23(30)11-19)41-14-25-31-15-32-35-25)27-24(9-16)37(29(40)36(27)4)13-26(39)34-21-7-5-6-20(12-21)33-18(3)38/h5-12,15H,13-14H2,1-4H3,(H,33,38)(H,34,39)(H,31,32,35). The van der Waals surface area contributed by atoms with Gasteiger partial charge in [-0.2, -0.15) is 0 Å². The van der Waals surface area contributed by atoms with Gasteiger partial charge in [0.1, 0.15) is 19.5 Å². The summed E-state index contributed by atoms with van der Waals surface area (Å²) in [5.41, 5.74) is 4.33. The summed E-state index contributed by atoms with van der Waals surface area (Å²) < 4.78 is 23.8. The highest BCUT2D eigenvalue weighted by Crippen LogP contribution is 2.34. The minimum atomic E-state index is -0.556. The molecule has 0 fully saturated rings. The summed E-state index contributed by atoms with van der Waals surface area (Å²) in [6.45, 7) is 4.79. The molecule has 5 aromatic rings. The molecule has 0 saturated carbocycles. The normalized spacial score (nSPS) is 11.0. The van der Waals surface area contributed by atoms with Crippen molar-refractivity contribution < 1.29 is 18.7 Å². The number of aromatic amines is 1. The number of carbonyl (C=O) groups excluding carboxylic acids is 2. The van der Waals surface area contributed by atoms with Crippen LogP contribution in [0.1, 0.15) is 23.9 Å². The average molecular weight is 558 g/mol. The molecule has 41 heavy (non-hydrogen) atoms. The van der Waals surface area contributed by atoms with Crippen LogP contribution in [0.25, 0.3) is 22.2 Å². The lowest BCUT2D eigenvalue weighted by atomic mass is 9.99. The fraction of sp³-hybridized carbons (Fsp3) is 0.207. The quantitative estimate of drug-likeness (QED) is 0.263. The number of halogens is 1. The van der Waals surface area contributed by atoms with Gasteiger partial charge < -0.3 is 20.4 Å². The molecule has 3 N–H and O–H groups in total. The molecule has 12 heteroatoms. The monoisotopic (exact) mass is 557 g/mol. The number of imidazole rings is 1. The number of benzene rings is 3. The van der Waals surface area contributed by atoms with E-state index in [2.05, 4.69) is 25.8 Å². The number of nitrogens with zero attached hydrogens (tertiary/aromatic N) is 4. The molecule has 0 aliphatic carbocycles. The number of aryl methyl sites for hydroxylation is 3. The number of hydrogen-bond acceptors (Lipinski definition) is 6. The fourth-order valence-corrected chi connectivity index (χ4v) is 4.80. The van der Waals surface area contributed by atoms with E-state index >= 15 is 4.39 Å². The van der Waals surface area contributed by atoms with E-state index in [4.69, 9.17) is 4.74 Å². The van der Waals surface area contributed by atoms with Gasteiger partial charge in [-0.25, -0.2) is 9.18 Å². The second kappa shape index (κ2) is 11.1. The van der Waals surface area contributed by atoms with E-state index in [0.717, 1.165) is 5.56 Å². The highest BCUT2D eigenvalue weighted by molar-refractivity contribution is 5.96. The van der Waals surface area contributed by atoms with Crippen LogP contribution in [0.15, 0.2) is 59.7 Å². The maximum Gasteiger partial charge on any atom is 0.329 e. The predicted octanol–water partition coefficient (Wildman–Crippen LogP) is 4.06. The third-order valence-corrected chi connectivity index (χ3v) is 6.51. The number of rotatable bonds is 8. The van der Waals surface area contributed by atoms with Crippen molar-refractivity contribution in [2.75, 3.05) is 10.6 Å². The Morgan fingerprint density at radius 1 is 1.07 bits per heavy atom. The summed E-state index contributed by atoms with van der Waals surface area (Å²) in [6, 6.07) is 13.6. The van der Waals surface area contributed by atoms with Crippen molar-refractivity contribution in [3.8, 4) is 16.9 Å². The minimum absolute atomic E-state index is 0.0305. The molecule has 0 atom stereocenters. The first-order valence-corrected chi connectivity index (χ1v) is 12.8. The van der Waals surface area contributed by atoms with Crippen molar-refractivity contribution in [3.05, 3.63) is 88.1 Å². The summed E-state index contributed by atoms with van der Waals surface area (Å²) >= 11 is 0. The van der Waals surface area contributed by atoms with Crippen LogP contribution in [0.2, 0.25) is 0 Å². The van der Waals surface area contributed by atoms with Crippen LogP contribution >= 0.6 is 0 Å². The van der Waals surface area contributed by atoms with Gasteiger partial charge in [0.25, 0.3) is 0 Å². The van der Waals surface area contributed by atoms with Crippen molar-refractivity contribution in [2.45, 2.75) is 33.9 Å². The third kappa shape index (κ3) is 5.71. The molecule has 3 aromatic carbocycles. The van der Waals surface area contributed by atoms with E-state index < -0.39 is 17.4 Å². The van der Waals surface area contributed by atoms with E-state index in [-0.39, 0.29) is 24.8 Å². The molecular weight excluding hydrogens is 529 g/mol. The minimum Gasteiger partial charge on any atom is -0.482 e. The molecule has 0 bridgehead atoms. The number of fused-ring (bicyclic) bond motifs is 1. The van der Waals surface area contributed by atoms with Crippen molar-refractivity contribution in [2.24, 2.45) is 7.05 Å². The lowest BCUT2D eigenvalue weighted by Crippen LogP contribution is -2.28. The van der Waals surface area contributed by atoms with Gasteiger partial charge in [0.15, 0.2) is 17.4 Å². The van der Waals surface area contributed by atoms with Crippen LogP contribution < -0.4 is 21.1 Å². The Morgan fingerprint density at radius 2 is 1.83 bits per heavy atom. The van der Waals surface area contributed by atoms with E-state index in [0.29, 0.717) is 44.9 Å². The number of nitrogens with one attached hydrogen (secondary N) is 3. The molecule has 0 saturated heterocycles. The Balaban J connectivity index is 1.47. The molecule has 0 unspecified atom stereocenters. The zero-order chi connectivity index (χ0) is 29.3. The summed E-state index contributed by atoms with van der Waals surface area (Å²) in [5.74, 6) is -0.642. The fourth-order valence-electron chi connectivity index (χ4n) is 4.80. The van der Waals surface area contributed by atoms with Crippen LogP contribution in [0, 0.1) is 19.7 Å². The first-order chi connectivity index (χ1) is 19.6. The Kier molecular flexibility index (Phi) is 7.38.